The molecule has 0 spiro atoms. The van der Waals surface area contributed by atoms with E-state index >= 15 is 0 Å². The minimum Gasteiger partial charge on any atom is -0.477 e. The van der Waals surface area contributed by atoms with E-state index in [1.807, 2.05) is 0 Å². The van der Waals surface area contributed by atoms with Gasteiger partial charge in [0.05, 0.1) is 31.9 Å². The van der Waals surface area contributed by atoms with Crippen molar-refractivity contribution in [3.63, 3.8) is 0 Å². The fourth-order valence-electron chi connectivity index (χ4n) is 4.33. The quantitative estimate of drug-likeness (QED) is 0.0957. The third kappa shape index (κ3) is 7.29. The zero-order valence-electron chi connectivity index (χ0n) is 21.5. The number of carboxylic acids is 1. The zero-order valence-corrected chi connectivity index (χ0v) is 22.4. The molecule has 13 N–H and O–H groups in total. The molecule has 22 heteroatoms. The molecule has 0 saturated carbocycles. The Morgan fingerprint density at radius 2 is 1.95 bits per heavy atom. The Morgan fingerprint density at radius 1 is 1.29 bits per heavy atom. The van der Waals surface area contributed by atoms with Crippen LogP contribution in [-0.2, 0) is 32.7 Å². The van der Waals surface area contributed by atoms with E-state index in [1.54, 1.807) is 0 Å². The number of anilines is 1. The fraction of sp³-hybridized carbons (Fsp3) is 0.700. The van der Waals surface area contributed by atoms with Crippen molar-refractivity contribution in [2.24, 2.45) is 5.73 Å². The summed E-state index contributed by atoms with van der Waals surface area (Å²) in [6.07, 6.45) is -14.9. The van der Waals surface area contributed by atoms with Gasteiger partial charge in [-0.3, -0.25) is 13.9 Å². The molecule has 0 bridgehead atoms. The summed E-state index contributed by atoms with van der Waals surface area (Å²) in [6.45, 7) is -2.71. The number of nitrogens with one attached hydrogen (secondary N) is 1. The molecule has 11 atom stereocenters. The number of amides is 1. The molecule has 1 amide bonds. The topological polar surface area (TPSA) is 349 Å². The van der Waals surface area contributed by atoms with Crippen LogP contribution in [0.25, 0.3) is 0 Å². The van der Waals surface area contributed by atoms with Gasteiger partial charge in [-0.05, 0) is 6.07 Å². The second-order valence-electron chi connectivity index (χ2n) is 9.39. The van der Waals surface area contributed by atoms with Gasteiger partial charge in [0.25, 0.3) is 5.79 Å². The highest BCUT2D eigenvalue weighted by atomic mass is 31.2. The highest BCUT2D eigenvalue weighted by Gasteiger charge is 2.59. The smallest absolute Gasteiger partial charge is 0.475 e. The summed E-state index contributed by atoms with van der Waals surface area (Å²) in [7, 11) is -5.54. The Morgan fingerprint density at radius 3 is 2.52 bits per heavy atom. The number of aromatic nitrogens is 2. The largest absolute Gasteiger partial charge is 0.477 e. The first-order valence-electron chi connectivity index (χ1n) is 12.2. The SMILES string of the molecule is NCC(=O)N[C@@H]1C(O)CC(OP(=O)(O)OC[C@H]2O[C@@H](n3ccc(N)nc3=O)[C@H](O)[C@H]2O)(C(=O)O)O[C@H]1C(O)[C@H](O)CO. The van der Waals surface area contributed by atoms with Crippen LogP contribution in [0.5, 0.6) is 0 Å². The number of hydrogen-bond acceptors (Lipinski definition) is 17. The van der Waals surface area contributed by atoms with E-state index in [4.69, 9.17) is 30.0 Å². The number of nitrogens with zero attached hydrogens (tertiary/aromatic N) is 2. The predicted octanol–water partition coefficient (Wildman–Crippen LogP) is -6.33. The van der Waals surface area contributed by atoms with E-state index < -0.39 is 112 Å². The molecule has 1 aromatic rings. The first-order chi connectivity index (χ1) is 19.6. The molecular weight excluding hydrogens is 597 g/mol. The van der Waals surface area contributed by atoms with E-state index in [9.17, 15) is 59.6 Å². The second kappa shape index (κ2) is 13.3. The monoisotopic (exact) mass is 629 g/mol. The molecule has 0 radical (unpaired) electrons. The number of aliphatic hydroxyl groups is 6. The summed E-state index contributed by atoms with van der Waals surface area (Å²) in [5.74, 6) is -6.39. The molecule has 2 saturated heterocycles. The summed E-state index contributed by atoms with van der Waals surface area (Å²) in [5, 5.41) is 72.8. The number of carboxylic acid groups (broad SMARTS) is 1. The highest BCUT2D eigenvalue weighted by Crippen LogP contribution is 2.51. The number of carbonyl (C=O) groups is 2. The summed E-state index contributed by atoms with van der Waals surface area (Å²) < 4.78 is 33.7. The van der Waals surface area contributed by atoms with Crippen LogP contribution in [0.2, 0.25) is 0 Å². The molecular formula is C20H32N5O16P. The summed E-state index contributed by atoms with van der Waals surface area (Å²) in [6, 6.07) is -0.442. The van der Waals surface area contributed by atoms with Gasteiger partial charge in [0.1, 0.15) is 42.4 Å². The number of rotatable bonds is 12. The van der Waals surface area contributed by atoms with E-state index in [-0.39, 0.29) is 5.82 Å². The average molecular weight is 629 g/mol. The first-order valence-corrected chi connectivity index (χ1v) is 13.7. The van der Waals surface area contributed by atoms with E-state index in [1.165, 1.54) is 6.07 Å². The molecule has 3 heterocycles. The Balaban J connectivity index is 1.79. The van der Waals surface area contributed by atoms with Gasteiger partial charge >= 0.3 is 19.5 Å². The zero-order chi connectivity index (χ0) is 31.6. The summed E-state index contributed by atoms with van der Waals surface area (Å²) in [5.41, 5.74) is 9.68. The van der Waals surface area contributed by atoms with Crippen molar-refractivity contribution in [2.75, 3.05) is 25.5 Å². The van der Waals surface area contributed by atoms with E-state index in [0.717, 1.165) is 10.8 Å². The maximum Gasteiger partial charge on any atom is 0.475 e. The van der Waals surface area contributed by atoms with Gasteiger partial charge in [-0.2, -0.15) is 4.98 Å². The van der Waals surface area contributed by atoms with Crippen molar-refractivity contribution >= 4 is 25.5 Å². The van der Waals surface area contributed by atoms with E-state index in [2.05, 4.69) is 10.3 Å². The van der Waals surface area contributed by atoms with Crippen molar-refractivity contribution in [3.05, 3.63) is 22.7 Å². The lowest BCUT2D eigenvalue weighted by Gasteiger charge is -2.46. The summed E-state index contributed by atoms with van der Waals surface area (Å²) >= 11 is 0. The minimum absolute atomic E-state index is 0.140. The maximum atomic E-state index is 12.8. The third-order valence-electron chi connectivity index (χ3n) is 6.46. The van der Waals surface area contributed by atoms with Crippen LogP contribution in [0.3, 0.4) is 0 Å². The normalized spacial score (nSPS) is 34.3. The molecule has 0 aliphatic carbocycles. The fourth-order valence-corrected chi connectivity index (χ4v) is 5.28. The lowest BCUT2D eigenvalue weighted by molar-refractivity contribution is -0.289. The number of aliphatic hydroxyl groups excluding tert-OH is 6. The number of phosphoric ester groups is 1. The number of nitrogens with two attached hydrogens (primary N) is 2. The molecule has 2 fully saturated rings. The lowest BCUT2D eigenvalue weighted by Crippen LogP contribution is -2.68. The van der Waals surface area contributed by atoms with Gasteiger partial charge in [-0.1, -0.05) is 0 Å². The summed E-state index contributed by atoms with van der Waals surface area (Å²) in [4.78, 5) is 49.9. The lowest BCUT2D eigenvalue weighted by atomic mass is 9.88. The van der Waals surface area contributed by atoms with Crippen LogP contribution in [0.4, 0.5) is 5.82 Å². The second-order valence-corrected chi connectivity index (χ2v) is 10.8. The molecule has 3 rings (SSSR count). The molecule has 2 aliphatic heterocycles. The van der Waals surface area contributed by atoms with E-state index in [0.29, 0.717) is 0 Å². The van der Waals surface area contributed by atoms with Crippen LogP contribution < -0.4 is 22.5 Å². The van der Waals surface area contributed by atoms with Crippen LogP contribution in [-0.4, -0.2) is 136 Å². The van der Waals surface area contributed by atoms with Gasteiger partial charge in [-0.25, -0.2) is 18.7 Å². The van der Waals surface area contributed by atoms with Crippen LogP contribution in [0, 0.1) is 0 Å². The molecule has 42 heavy (non-hydrogen) atoms. The molecule has 4 unspecified atom stereocenters. The van der Waals surface area contributed by atoms with Crippen molar-refractivity contribution in [1.29, 1.82) is 0 Å². The predicted molar refractivity (Wildman–Crippen MR) is 132 cm³/mol. The number of nitrogen functional groups attached to an aromatic ring is 1. The Bertz CT molecular complexity index is 1240. The third-order valence-corrected chi connectivity index (χ3v) is 7.46. The van der Waals surface area contributed by atoms with Crippen molar-refractivity contribution < 1.29 is 73.3 Å². The first kappa shape index (κ1) is 33.9. The van der Waals surface area contributed by atoms with Crippen molar-refractivity contribution in [1.82, 2.24) is 14.9 Å². The van der Waals surface area contributed by atoms with Crippen molar-refractivity contribution in [2.45, 2.75) is 67.2 Å². The molecule has 1 aromatic heterocycles. The van der Waals surface area contributed by atoms with Gasteiger partial charge in [-0.15, -0.1) is 0 Å². The molecule has 21 nitrogen and oxygen atoms in total. The standard InChI is InChI=1S/C20H32N5O16P/c21-4-11(29)24-12-7(27)3-20(18(33)34,40-16(12)13(30)8(28)5-26)41-42(36,37)38-6-9-14(31)15(32)17(39-9)25-2-1-10(22)23-19(25)35/h1-2,7-9,12-17,26-28,30-32H,3-6,21H2,(H,24,29)(H,33,34)(H,36,37)(H2,22,23,35)/t7?,8-,9-,12-,13?,14+,15-,16-,17-,20?/m1/s1. The number of hydrogen-bond donors (Lipinski definition) is 11. The van der Waals surface area contributed by atoms with Crippen molar-refractivity contribution in [3.8, 4) is 0 Å². The van der Waals surface area contributed by atoms with Crippen LogP contribution >= 0.6 is 7.82 Å². The molecule has 238 valence electrons. The Kier molecular flexibility index (Phi) is 10.8. The number of aliphatic carboxylic acids is 1. The molecule has 0 aromatic carbocycles. The van der Waals surface area contributed by atoms with Crippen LogP contribution in [0.1, 0.15) is 12.6 Å². The Hall–Kier alpha value is -2.63. The number of carbonyl (C=O) groups excluding carboxylic acids is 1. The number of phosphoric acid groups is 1. The molecule has 2 aliphatic rings. The van der Waals surface area contributed by atoms with Gasteiger partial charge < -0.3 is 66.9 Å². The minimum atomic E-state index is -5.54. The van der Waals surface area contributed by atoms with Crippen LogP contribution in [0.15, 0.2) is 17.1 Å². The van der Waals surface area contributed by atoms with Gasteiger partial charge in [0.2, 0.25) is 5.91 Å². The van der Waals surface area contributed by atoms with Gasteiger partial charge in [0, 0.05) is 12.6 Å². The average Bonchev–Trinajstić information content (AvgIpc) is 3.20. The highest BCUT2D eigenvalue weighted by molar-refractivity contribution is 7.47. The number of ether oxygens (including phenoxy) is 2. The van der Waals surface area contributed by atoms with Gasteiger partial charge in [0.15, 0.2) is 6.23 Å². The maximum absolute atomic E-state index is 12.8. The Labute approximate surface area is 235 Å².